The van der Waals surface area contributed by atoms with Gasteiger partial charge in [0.25, 0.3) is 0 Å². The average molecular weight is 349 g/mol. The van der Waals surface area contributed by atoms with Gasteiger partial charge in [-0.25, -0.2) is 17.9 Å². The van der Waals surface area contributed by atoms with Crippen molar-refractivity contribution >= 4 is 16.0 Å². The van der Waals surface area contributed by atoms with E-state index in [4.69, 9.17) is 9.47 Å². The van der Waals surface area contributed by atoms with Gasteiger partial charge >= 0.3 is 5.97 Å². The van der Waals surface area contributed by atoms with Crippen molar-refractivity contribution in [3.8, 4) is 5.75 Å². The Balaban J connectivity index is 2.22. The topological polar surface area (TPSA) is 81.7 Å². The fraction of sp³-hybridized carbons (Fsp3) is 0.235. The number of hydrogen-bond acceptors (Lipinski definition) is 5. The summed E-state index contributed by atoms with van der Waals surface area (Å²) in [6.07, 6.45) is 0. The van der Waals surface area contributed by atoms with Crippen LogP contribution in [-0.2, 0) is 21.4 Å². The summed E-state index contributed by atoms with van der Waals surface area (Å²) in [4.78, 5) is 12.1. The predicted octanol–water partition coefficient (Wildman–Crippen LogP) is 2.27. The molecule has 0 heterocycles. The van der Waals surface area contributed by atoms with Crippen LogP contribution in [-0.4, -0.2) is 28.5 Å². The largest absolute Gasteiger partial charge is 0.495 e. The van der Waals surface area contributed by atoms with Gasteiger partial charge in [-0.05, 0) is 37.7 Å². The molecule has 0 aliphatic rings. The molecule has 0 aliphatic heterocycles. The Labute approximate surface area is 141 Å². The van der Waals surface area contributed by atoms with E-state index in [0.29, 0.717) is 0 Å². The van der Waals surface area contributed by atoms with Gasteiger partial charge in [0.15, 0.2) is 0 Å². The number of carbonyl (C=O) groups excluding carboxylic acids is 1. The van der Waals surface area contributed by atoms with Gasteiger partial charge in [-0.1, -0.05) is 29.8 Å². The van der Waals surface area contributed by atoms with Crippen LogP contribution in [0.5, 0.6) is 5.75 Å². The molecule has 2 rings (SSSR count). The highest BCUT2D eigenvalue weighted by atomic mass is 32.2. The molecule has 0 radical (unpaired) electrons. The molecule has 0 unspecified atom stereocenters. The minimum absolute atomic E-state index is 0.112. The number of aryl methyl sites for hydroxylation is 1. The van der Waals surface area contributed by atoms with Gasteiger partial charge in [-0.15, -0.1) is 0 Å². The van der Waals surface area contributed by atoms with E-state index in [1.54, 1.807) is 0 Å². The van der Waals surface area contributed by atoms with Gasteiger partial charge in [0.05, 0.1) is 12.7 Å². The Morgan fingerprint density at radius 3 is 2.54 bits per heavy atom. The number of nitrogens with one attached hydrogen (secondary N) is 1. The monoisotopic (exact) mass is 349 g/mol. The predicted molar refractivity (Wildman–Crippen MR) is 89.5 cm³/mol. The van der Waals surface area contributed by atoms with Crippen molar-refractivity contribution in [3.05, 3.63) is 59.2 Å². The van der Waals surface area contributed by atoms with Gasteiger partial charge < -0.3 is 9.47 Å². The molecule has 0 atom stereocenters. The lowest BCUT2D eigenvalue weighted by atomic mass is 10.1. The van der Waals surface area contributed by atoms with Crippen molar-refractivity contribution in [1.82, 2.24) is 4.72 Å². The van der Waals surface area contributed by atoms with Crippen LogP contribution in [0.15, 0.2) is 47.4 Å². The quantitative estimate of drug-likeness (QED) is 0.809. The average Bonchev–Trinajstić information content (AvgIpc) is 2.59. The number of hydrogen-bond donors (Lipinski definition) is 1. The lowest BCUT2D eigenvalue weighted by molar-refractivity contribution is 0.0472. The first-order chi connectivity index (χ1) is 11.4. The van der Waals surface area contributed by atoms with Crippen LogP contribution in [0.1, 0.15) is 21.5 Å². The molecule has 0 spiro atoms. The standard InChI is InChI=1S/C17H19NO5S/c1-12-5-4-6-13(9-12)11-23-17(19)14-7-8-15(22-3)16(10-14)24(20,21)18-2/h4-10,18H,11H2,1-3H3. The van der Waals surface area contributed by atoms with E-state index in [-0.39, 0.29) is 22.8 Å². The Kier molecular flexibility index (Phi) is 5.58. The minimum Gasteiger partial charge on any atom is -0.495 e. The summed E-state index contributed by atoms with van der Waals surface area (Å²) in [5, 5.41) is 0. The van der Waals surface area contributed by atoms with Crippen LogP contribution < -0.4 is 9.46 Å². The van der Waals surface area contributed by atoms with Crippen molar-refractivity contribution < 1.29 is 22.7 Å². The van der Waals surface area contributed by atoms with Gasteiger partial charge in [0, 0.05) is 0 Å². The van der Waals surface area contributed by atoms with Gasteiger partial charge in [-0.2, -0.15) is 0 Å². The van der Waals surface area contributed by atoms with E-state index in [0.717, 1.165) is 11.1 Å². The number of ether oxygens (including phenoxy) is 2. The van der Waals surface area contributed by atoms with E-state index in [1.165, 1.54) is 32.4 Å². The molecule has 6 nitrogen and oxygen atoms in total. The van der Waals surface area contributed by atoms with E-state index in [2.05, 4.69) is 4.72 Å². The van der Waals surface area contributed by atoms with Crippen LogP contribution in [0.2, 0.25) is 0 Å². The number of benzene rings is 2. The molecule has 128 valence electrons. The highest BCUT2D eigenvalue weighted by Gasteiger charge is 2.20. The molecule has 7 heteroatoms. The highest BCUT2D eigenvalue weighted by molar-refractivity contribution is 7.89. The maximum Gasteiger partial charge on any atom is 0.338 e. The summed E-state index contributed by atoms with van der Waals surface area (Å²) in [5.41, 5.74) is 2.06. The van der Waals surface area contributed by atoms with Crippen LogP contribution in [0.25, 0.3) is 0 Å². The summed E-state index contributed by atoms with van der Waals surface area (Å²) in [6, 6.07) is 11.7. The van der Waals surface area contributed by atoms with E-state index < -0.39 is 16.0 Å². The zero-order chi connectivity index (χ0) is 17.7. The molecule has 0 saturated heterocycles. The molecule has 2 aromatic carbocycles. The van der Waals surface area contributed by atoms with Crippen molar-refractivity contribution in [2.75, 3.05) is 14.2 Å². The van der Waals surface area contributed by atoms with E-state index in [9.17, 15) is 13.2 Å². The number of rotatable bonds is 6. The first-order valence-electron chi connectivity index (χ1n) is 7.21. The summed E-state index contributed by atoms with van der Waals surface area (Å²) in [7, 11) is -1.10. The number of esters is 1. The Hall–Kier alpha value is -2.38. The summed E-state index contributed by atoms with van der Waals surface area (Å²) in [5.74, 6) is -0.453. The smallest absolute Gasteiger partial charge is 0.338 e. The van der Waals surface area contributed by atoms with Gasteiger partial charge in [0.2, 0.25) is 10.0 Å². The van der Waals surface area contributed by atoms with Crippen molar-refractivity contribution in [1.29, 1.82) is 0 Å². The molecule has 0 amide bonds. The zero-order valence-corrected chi connectivity index (χ0v) is 14.5. The van der Waals surface area contributed by atoms with Crippen molar-refractivity contribution in [3.63, 3.8) is 0 Å². The third kappa shape index (κ3) is 4.12. The maximum atomic E-state index is 12.2. The molecule has 0 aliphatic carbocycles. The Morgan fingerprint density at radius 1 is 1.17 bits per heavy atom. The van der Waals surface area contributed by atoms with E-state index >= 15 is 0 Å². The first-order valence-corrected chi connectivity index (χ1v) is 8.70. The fourth-order valence-corrected chi connectivity index (χ4v) is 3.08. The van der Waals surface area contributed by atoms with Gasteiger partial charge in [0.1, 0.15) is 17.3 Å². The molecular formula is C17H19NO5S. The number of methoxy groups -OCH3 is 1. The molecule has 1 N–H and O–H groups in total. The number of carbonyl (C=O) groups is 1. The molecule has 0 saturated carbocycles. The second-order valence-corrected chi connectivity index (χ2v) is 6.99. The second kappa shape index (κ2) is 7.46. The molecule has 0 fully saturated rings. The first kappa shape index (κ1) is 18.0. The minimum atomic E-state index is -3.75. The van der Waals surface area contributed by atoms with Crippen LogP contribution in [0.3, 0.4) is 0 Å². The molecule has 24 heavy (non-hydrogen) atoms. The fourth-order valence-electron chi connectivity index (χ4n) is 2.16. The summed E-state index contributed by atoms with van der Waals surface area (Å²) < 4.78 is 36.5. The van der Waals surface area contributed by atoms with Crippen molar-refractivity contribution in [2.24, 2.45) is 0 Å². The maximum absolute atomic E-state index is 12.2. The molecular weight excluding hydrogens is 330 g/mol. The zero-order valence-electron chi connectivity index (χ0n) is 13.7. The van der Waals surface area contributed by atoms with Crippen LogP contribution in [0, 0.1) is 6.92 Å². The third-order valence-electron chi connectivity index (χ3n) is 3.41. The number of sulfonamides is 1. The normalized spacial score (nSPS) is 11.1. The summed E-state index contributed by atoms with van der Waals surface area (Å²) >= 11 is 0. The second-order valence-electron chi connectivity index (χ2n) is 5.14. The van der Waals surface area contributed by atoms with Crippen LogP contribution in [0.4, 0.5) is 0 Å². The van der Waals surface area contributed by atoms with Gasteiger partial charge in [-0.3, -0.25) is 0 Å². The molecule has 2 aromatic rings. The highest BCUT2D eigenvalue weighted by Crippen LogP contribution is 2.25. The SMILES string of the molecule is CNS(=O)(=O)c1cc(C(=O)OCc2cccc(C)c2)ccc1OC. The third-order valence-corrected chi connectivity index (χ3v) is 4.85. The Morgan fingerprint density at radius 2 is 1.92 bits per heavy atom. The molecule has 0 aromatic heterocycles. The Bertz CT molecular complexity index is 846. The lowest BCUT2D eigenvalue weighted by Gasteiger charge is -2.11. The van der Waals surface area contributed by atoms with Crippen LogP contribution >= 0.6 is 0 Å². The lowest BCUT2D eigenvalue weighted by Crippen LogP contribution is -2.20. The van der Waals surface area contributed by atoms with E-state index in [1.807, 2.05) is 31.2 Å². The molecule has 0 bridgehead atoms. The van der Waals surface area contributed by atoms with Crippen molar-refractivity contribution in [2.45, 2.75) is 18.4 Å². The summed E-state index contributed by atoms with van der Waals surface area (Å²) in [6.45, 7) is 2.06.